The van der Waals surface area contributed by atoms with Gasteiger partial charge in [0.1, 0.15) is 0 Å². The largest absolute Gasteiger partial charge is 0.331 e. The summed E-state index contributed by atoms with van der Waals surface area (Å²) < 4.78 is 0. The summed E-state index contributed by atoms with van der Waals surface area (Å²) in [5.74, 6) is 0. The highest BCUT2D eigenvalue weighted by Gasteiger charge is 2.23. The van der Waals surface area contributed by atoms with Crippen molar-refractivity contribution >= 4 is 6.03 Å². The van der Waals surface area contributed by atoms with Gasteiger partial charge in [0.15, 0.2) is 0 Å². The van der Waals surface area contributed by atoms with Crippen molar-refractivity contribution in [2.75, 3.05) is 7.05 Å². The van der Waals surface area contributed by atoms with Crippen molar-refractivity contribution in [3.05, 3.63) is 64.5 Å². The molecule has 4 heteroatoms. The molecule has 0 bridgehead atoms. The predicted molar refractivity (Wildman–Crippen MR) is 95.8 cm³/mol. The summed E-state index contributed by atoms with van der Waals surface area (Å²) in [5.41, 5.74) is 5.90. The molecule has 0 saturated heterocycles. The van der Waals surface area contributed by atoms with Gasteiger partial charge in [0.2, 0.25) is 0 Å². The highest BCUT2D eigenvalue weighted by molar-refractivity contribution is 5.74. The zero-order valence-electron chi connectivity index (χ0n) is 14.7. The minimum absolute atomic E-state index is 0.0447. The van der Waals surface area contributed by atoms with E-state index in [4.69, 9.17) is 0 Å². The molecule has 0 aliphatic heterocycles. The first kappa shape index (κ1) is 16.5. The van der Waals surface area contributed by atoms with Crippen LogP contribution >= 0.6 is 0 Å². The van der Waals surface area contributed by atoms with E-state index in [1.165, 1.54) is 16.7 Å². The maximum absolute atomic E-state index is 12.6. The number of aromatic nitrogens is 1. The van der Waals surface area contributed by atoms with Gasteiger partial charge < -0.3 is 10.2 Å². The van der Waals surface area contributed by atoms with Crippen LogP contribution in [0.2, 0.25) is 0 Å². The van der Waals surface area contributed by atoms with Crippen LogP contribution in [-0.4, -0.2) is 23.0 Å². The number of aryl methyl sites for hydroxylation is 3. The van der Waals surface area contributed by atoms with E-state index >= 15 is 0 Å². The van der Waals surface area contributed by atoms with Gasteiger partial charge in [0, 0.05) is 13.2 Å². The van der Waals surface area contributed by atoms with Crippen molar-refractivity contribution in [2.24, 2.45) is 0 Å². The standard InChI is InChI=1S/C20H25N3O/c1-14-7-9-16-5-4-6-19(18(16)11-14)22-20(24)23(3)13-17-10-8-15(2)12-21-17/h7-12,19H,4-6,13H2,1-3H3,(H,22,24)/t19-/m0/s1. The first-order valence-corrected chi connectivity index (χ1v) is 8.55. The van der Waals surface area contributed by atoms with E-state index in [2.05, 4.69) is 35.4 Å². The number of hydrogen-bond acceptors (Lipinski definition) is 2. The third-order valence-corrected chi connectivity index (χ3v) is 4.63. The number of rotatable bonds is 3. The molecule has 0 fully saturated rings. The van der Waals surface area contributed by atoms with E-state index in [9.17, 15) is 4.79 Å². The van der Waals surface area contributed by atoms with Crippen molar-refractivity contribution in [1.29, 1.82) is 0 Å². The Balaban J connectivity index is 1.67. The number of amides is 2. The molecule has 1 heterocycles. The fourth-order valence-electron chi connectivity index (χ4n) is 3.23. The summed E-state index contributed by atoms with van der Waals surface area (Å²) in [7, 11) is 1.82. The Morgan fingerprint density at radius 2 is 2.04 bits per heavy atom. The zero-order valence-corrected chi connectivity index (χ0v) is 14.7. The van der Waals surface area contributed by atoms with Crippen LogP contribution in [0.5, 0.6) is 0 Å². The minimum Gasteiger partial charge on any atom is -0.331 e. The molecule has 1 aliphatic carbocycles. The summed E-state index contributed by atoms with van der Waals surface area (Å²) in [6.07, 6.45) is 5.05. The van der Waals surface area contributed by atoms with Gasteiger partial charge in [-0.3, -0.25) is 4.98 Å². The summed E-state index contributed by atoms with van der Waals surface area (Å²) in [5, 5.41) is 3.19. The number of fused-ring (bicyclic) bond motifs is 1. The van der Waals surface area contributed by atoms with Crippen molar-refractivity contribution in [1.82, 2.24) is 15.2 Å². The molecule has 24 heavy (non-hydrogen) atoms. The van der Waals surface area contributed by atoms with E-state index in [0.717, 1.165) is 30.5 Å². The summed E-state index contributed by atoms with van der Waals surface area (Å²) in [4.78, 5) is 18.6. The lowest BCUT2D eigenvalue weighted by Crippen LogP contribution is -2.40. The summed E-state index contributed by atoms with van der Waals surface area (Å²) in [6.45, 7) is 4.62. The third kappa shape index (κ3) is 3.75. The second-order valence-electron chi connectivity index (χ2n) is 6.78. The Morgan fingerprint density at radius 3 is 2.79 bits per heavy atom. The normalized spacial score (nSPS) is 16.4. The Hall–Kier alpha value is -2.36. The van der Waals surface area contributed by atoms with Crippen LogP contribution < -0.4 is 5.32 Å². The van der Waals surface area contributed by atoms with Gasteiger partial charge in [-0.05, 0) is 55.9 Å². The lowest BCUT2D eigenvalue weighted by Gasteiger charge is -2.29. The van der Waals surface area contributed by atoms with Crippen LogP contribution in [0, 0.1) is 13.8 Å². The average molecular weight is 323 g/mol. The number of nitrogens with zero attached hydrogens (tertiary/aromatic N) is 2. The van der Waals surface area contributed by atoms with Crippen molar-refractivity contribution in [2.45, 2.75) is 45.7 Å². The van der Waals surface area contributed by atoms with E-state index in [-0.39, 0.29) is 12.1 Å². The number of hydrogen-bond donors (Lipinski definition) is 1. The fraction of sp³-hybridized carbons (Fsp3) is 0.400. The third-order valence-electron chi connectivity index (χ3n) is 4.63. The van der Waals surface area contributed by atoms with Gasteiger partial charge in [0.25, 0.3) is 0 Å². The molecule has 2 aromatic rings. The predicted octanol–water partition coefficient (Wildman–Crippen LogP) is 3.92. The molecule has 0 unspecified atom stereocenters. The molecule has 3 rings (SSSR count). The average Bonchev–Trinajstić information content (AvgIpc) is 2.57. The molecule has 2 amide bonds. The summed E-state index contributed by atoms with van der Waals surface area (Å²) >= 11 is 0. The van der Waals surface area contributed by atoms with Gasteiger partial charge in [-0.25, -0.2) is 4.79 Å². The number of carbonyl (C=O) groups is 1. The maximum atomic E-state index is 12.6. The second-order valence-corrected chi connectivity index (χ2v) is 6.78. The van der Waals surface area contributed by atoms with E-state index in [1.54, 1.807) is 4.90 Å². The van der Waals surface area contributed by atoms with Crippen molar-refractivity contribution in [3.8, 4) is 0 Å². The van der Waals surface area contributed by atoms with Gasteiger partial charge >= 0.3 is 6.03 Å². The van der Waals surface area contributed by atoms with Gasteiger partial charge in [-0.1, -0.05) is 29.8 Å². The number of benzene rings is 1. The van der Waals surface area contributed by atoms with Gasteiger partial charge in [0.05, 0.1) is 18.3 Å². The van der Waals surface area contributed by atoms with E-state index < -0.39 is 0 Å². The molecular weight excluding hydrogens is 298 g/mol. The van der Waals surface area contributed by atoms with Crippen LogP contribution in [0.25, 0.3) is 0 Å². The van der Waals surface area contributed by atoms with E-state index in [1.807, 2.05) is 32.3 Å². The molecular formula is C20H25N3O. The molecule has 1 N–H and O–H groups in total. The first-order chi connectivity index (χ1) is 11.5. The fourth-order valence-corrected chi connectivity index (χ4v) is 3.23. The highest BCUT2D eigenvalue weighted by atomic mass is 16.2. The van der Waals surface area contributed by atoms with Crippen molar-refractivity contribution in [3.63, 3.8) is 0 Å². The Labute approximate surface area is 143 Å². The van der Waals surface area contributed by atoms with Crippen LogP contribution in [0.1, 0.15) is 46.8 Å². The quantitative estimate of drug-likeness (QED) is 0.930. The van der Waals surface area contributed by atoms with Crippen LogP contribution in [0.15, 0.2) is 36.5 Å². The number of pyridine rings is 1. The zero-order chi connectivity index (χ0) is 17.1. The van der Waals surface area contributed by atoms with Gasteiger partial charge in [-0.2, -0.15) is 0 Å². The monoisotopic (exact) mass is 323 g/mol. The molecule has 0 radical (unpaired) electrons. The molecule has 126 valence electrons. The molecule has 1 aliphatic rings. The van der Waals surface area contributed by atoms with Crippen LogP contribution in [0.3, 0.4) is 0 Å². The number of urea groups is 1. The Kier molecular flexibility index (Phi) is 4.84. The molecule has 1 atom stereocenters. The topological polar surface area (TPSA) is 45.2 Å². The van der Waals surface area contributed by atoms with Crippen molar-refractivity contribution < 1.29 is 4.79 Å². The Bertz CT molecular complexity index is 724. The SMILES string of the molecule is Cc1ccc(CN(C)C(=O)N[C@H]2CCCc3ccc(C)cc32)nc1. The lowest BCUT2D eigenvalue weighted by atomic mass is 9.87. The lowest BCUT2D eigenvalue weighted by molar-refractivity contribution is 0.200. The molecule has 4 nitrogen and oxygen atoms in total. The maximum Gasteiger partial charge on any atom is 0.317 e. The molecule has 0 saturated carbocycles. The van der Waals surface area contributed by atoms with Gasteiger partial charge in [-0.15, -0.1) is 0 Å². The molecule has 1 aromatic heterocycles. The Morgan fingerprint density at radius 1 is 1.25 bits per heavy atom. The van der Waals surface area contributed by atoms with Crippen LogP contribution in [0.4, 0.5) is 4.79 Å². The smallest absolute Gasteiger partial charge is 0.317 e. The number of nitrogens with one attached hydrogen (secondary N) is 1. The highest BCUT2D eigenvalue weighted by Crippen LogP contribution is 2.30. The first-order valence-electron chi connectivity index (χ1n) is 8.55. The summed E-state index contributed by atoms with van der Waals surface area (Å²) in [6, 6.07) is 10.6. The molecule has 0 spiro atoms. The number of carbonyl (C=O) groups excluding carboxylic acids is 1. The van der Waals surface area contributed by atoms with E-state index in [0.29, 0.717) is 6.54 Å². The molecule has 1 aromatic carbocycles. The minimum atomic E-state index is -0.0447. The van der Waals surface area contributed by atoms with Crippen LogP contribution in [-0.2, 0) is 13.0 Å². The second kappa shape index (κ2) is 7.04.